The second-order valence-electron chi connectivity index (χ2n) is 7.27. The van der Waals surface area contributed by atoms with Gasteiger partial charge in [0.2, 0.25) is 0 Å². The van der Waals surface area contributed by atoms with Crippen molar-refractivity contribution < 1.29 is 23.1 Å². The van der Waals surface area contributed by atoms with Crippen LogP contribution in [0.4, 0.5) is 13.2 Å². The molecule has 1 saturated heterocycles. The number of alkyl halides is 3. The molecule has 1 amide bonds. The van der Waals surface area contributed by atoms with Crippen LogP contribution < -0.4 is 5.32 Å². The van der Waals surface area contributed by atoms with E-state index in [0.29, 0.717) is 55.2 Å². The maximum atomic E-state index is 12.5. The monoisotopic (exact) mass is 386 g/mol. The van der Waals surface area contributed by atoms with Crippen molar-refractivity contribution in [1.29, 1.82) is 0 Å². The fourth-order valence-electron chi connectivity index (χ4n) is 3.73. The Morgan fingerprint density at radius 3 is 2.74 bits per heavy atom. The first-order valence-electron chi connectivity index (χ1n) is 9.11. The van der Waals surface area contributed by atoms with Gasteiger partial charge in [0.1, 0.15) is 0 Å². The Morgan fingerprint density at radius 2 is 2.07 bits per heavy atom. The number of nitrogens with one attached hydrogen (secondary N) is 2. The lowest BCUT2D eigenvalue weighted by molar-refractivity contribution is -0.148. The second kappa shape index (κ2) is 7.93. The van der Waals surface area contributed by atoms with Gasteiger partial charge in [-0.25, -0.2) is 0 Å². The van der Waals surface area contributed by atoms with Gasteiger partial charge in [0.25, 0.3) is 5.91 Å². The maximum Gasteiger partial charge on any atom is 0.401 e. The van der Waals surface area contributed by atoms with Crippen LogP contribution in [0.2, 0.25) is 0 Å². The molecule has 1 aromatic heterocycles. The van der Waals surface area contributed by atoms with Crippen LogP contribution in [-0.2, 0) is 4.79 Å². The number of carbonyl (C=O) groups excluding carboxylic acids is 1. The number of nitrogens with zero attached hydrogens (tertiary/aromatic N) is 2. The van der Waals surface area contributed by atoms with Crippen LogP contribution in [0, 0.1) is 5.92 Å². The Morgan fingerprint density at radius 1 is 1.37 bits per heavy atom. The van der Waals surface area contributed by atoms with Gasteiger partial charge in [0, 0.05) is 31.6 Å². The smallest absolute Gasteiger partial charge is 0.368 e. The molecule has 3 heterocycles. The average molecular weight is 386 g/mol. The van der Waals surface area contributed by atoms with E-state index in [4.69, 9.17) is 0 Å². The number of piperidine rings is 1. The second-order valence-corrected chi connectivity index (χ2v) is 7.27. The Labute approximate surface area is 156 Å². The number of hydrogen-bond acceptors (Lipinski definition) is 4. The van der Waals surface area contributed by atoms with Gasteiger partial charge in [0.15, 0.2) is 6.23 Å². The normalized spacial score (nSPS) is 21.7. The summed E-state index contributed by atoms with van der Waals surface area (Å²) < 4.78 is 37.3. The van der Waals surface area contributed by atoms with Crippen LogP contribution in [0.15, 0.2) is 18.5 Å². The summed E-state index contributed by atoms with van der Waals surface area (Å²) in [5, 5.41) is 13.0. The number of aliphatic hydroxyl groups excluding tert-OH is 1. The highest BCUT2D eigenvalue weighted by Gasteiger charge is 2.32. The van der Waals surface area contributed by atoms with Crippen LogP contribution >= 0.6 is 0 Å². The van der Waals surface area contributed by atoms with Crippen molar-refractivity contribution >= 4 is 11.5 Å². The van der Waals surface area contributed by atoms with Crippen LogP contribution in [-0.4, -0.2) is 65.2 Å². The van der Waals surface area contributed by atoms with Gasteiger partial charge < -0.3 is 20.3 Å². The zero-order valence-corrected chi connectivity index (χ0v) is 15.2. The van der Waals surface area contributed by atoms with E-state index in [1.165, 1.54) is 4.90 Å². The van der Waals surface area contributed by atoms with E-state index in [1.54, 1.807) is 30.4 Å². The Kier molecular flexibility index (Phi) is 5.81. The molecule has 9 heteroatoms. The standard InChI is InChI=1S/C18H25F3N4O2/c1-24-10-14(13-3-7-22-15(13)17(24)27)16(26)23-6-2-12-4-8-25(9-5-12)11-18(19,20)21/h3,7,10,12,17,22,27H,2,4-6,8-9,11H2,1H3,(H,23,26). The van der Waals surface area contributed by atoms with Crippen LogP contribution in [0.25, 0.3) is 5.57 Å². The molecular weight excluding hydrogens is 361 g/mol. The lowest BCUT2D eigenvalue weighted by Gasteiger charge is -2.32. The molecule has 6 nitrogen and oxygen atoms in total. The highest BCUT2D eigenvalue weighted by atomic mass is 19.4. The molecule has 150 valence electrons. The van der Waals surface area contributed by atoms with Crippen molar-refractivity contribution in [3.63, 3.8) is 0 Å². The number of H-pyrrole nitrogens is 1. The summed E-state index contributed by atoms with van der Waals surface area (Å²) in [4.78, 5) is 18.5. The predicted octanol–water partition coefficient (Wildman–Crippen LogP) is 2.07. The third kappa shape index (κ3) is 4.84. The first-order chi connectivity index (χ1) is 12.7. The van der Waals surface area contributed by atoms with Crippen molar-refractivity contribution in [1.82, 2.24) is 20.1 Å². The van der Waals surface area contributed by atoms with E-state index in [-0.39, 0.29) is 5.91 Å². The minimum atomic E-state index is -4.15. The lowest BCUT2D eigenvalue weighted by atomic mass is 9.93. The van der Waals surface area contributed by atoms with Gasteiger partial charge in [-0.05, 0) is 44.3 Å². The maximum absolute atomic E-state index is 12.5. The molecular formula is C18H25F3N4O2. The van der Waals surface area contributed by atoms with Gasteiger partial charge in [-0.2, -0.15) is 13.2 Å². The van der Waals surface area contributed by atoms with Crippen LogP contribution in [0.1, 0.15) is 36.7 Å². The quantitative estimate of drug-likeness (QED) is 0.725. The summed E-state index contributed by atoms with van der Waals surface area (Å²) in [6, 6.07) is 1.76. The van der Waals surface area contributed by atoms with E-state index >= 15 is 0 Å². The van der Waals surface area contributed by atoms with Crippen molar-refractivity contribution in [3.8, 4) is 0 Å². The van der Waals surface area contributed by atoms with E-state index in [9.17, 15) is 23.1 Å². The van der Waals surface area contributed by atoms with Crippen molar-refractivity contribution in [2.45, 2.75) is 31.7 Å². The first-order valence-corrected chi connectivity index (χ1v) is 9.11. The largest absolute Gasteiger partial charge is 0.401 e. The molecule has 2 aliphatic heterocycles. The number of aromatic amines is 1. The molecule has 27 heavy (non-hydrogen) atoms. The summed E-state index contributed by atoms with van der Waals surface area (Å²) >= 11 is 0. The summed E-state index contributed by atoms with van der Waals surface area (Å²) in [6.45, 7) is 0.520. The number of hydrogen-bond donors (Lipinski definition) is 3. The third-order valence-corrected chi connectivity index (χ3v) is 5.24. The summed E-state index contributed by atoms with van der Waals surface area (Å²) in [7, 11) is 1.69. The molecule has 1 unspecified atom stereocenters. The number of amides is 1. The molecule has 0 aliphatic carbocycles. The topological polar surface area (TPSA) is 71.6 Å². The van der Waals surface area contributed by atoms with E-state index in [1.807, 2.05) is 0 Å². The van der Waals surface area contributed by atoms with Gasteiger partial charge in [-0.3, -0.25) is 9.69 Å². The number of aromatic nitrogens is 1. The van der Waals surface area contributed by atoms with Gasteiger partial charge >= 0.3 is 6.18 Å². The highest BCUT2D eigenvalue weighted by Crippen LogP contribution is 2.31. The van der Waals surface area contributed by atoms with Gasteiger partial charge in [-0.1, -0.05) is 0 Å². The molecule has 3 rings (SSSR count). The molecule has 1 atom stereocenters. The van der Waals surface area contributed by atoms with E-state index in [2.05, 4.69) is 10.3 Å². The predicted molar refractivity (Wildman–Crippen MR) is 94.3 cm³/mol. The summed E-state index contributed by atoms with van der Waals surface area (Å²) in [5.41, 5.74) is 1.75. The SMILES string of the molecule is CN1C=C(C(=O)NCCC2CCN(CC(F)(F)F)CC2)c2cc[nH]c2C1O. The van der Waals surface area contributed by atoms with Crippen molar-refractivity contribution in [2.75, 3.05) is 33.2 Å². The third-order valence-electron chi connectivity index (χ3n) is 5.24. The van der Waals surface area contributed by atoms with Crippen molar-refractivity contribution in [2.24, 2.45) is 5.92 Å². The summed E-state index contributed by atoms with van der Waals surface area (Å²) in [6.07, 6.45) is 0.517. The van der Waals surface area contributed by atoms with E-state index in [0.717, 1.165) is 6.42 Å². The fraction of sp³-hybridized carbons (Fsp3) is 0.611. The molecule has 1 aromatic rings. The first kappa shape index (κ1) is 19.8. The molecule has 1 fully saturated rings. The number of carbonyl (C=O) groups is 1. The van der Waals surface area contributed by atoms with Crippen LogP contribution in [0.3, 0.4) is 0 Å². The van der Waals surface area contributed by atoms with Gasteiger partial charge in [0.05, 0.1) is 17.8 Å². The molecule has 0 aromatic carbocycles. The molecule has 0 radical (unpaired) electrons. The minimum absolute atomic E-state index is 0.218. The lowest BCUT2D eigenvalue weighted by Crippen LogP contribution is -2.40. The zero-order valence-electron chi connectivity index (χ0n) is 15.2. The number of halogens is 3. The van der Waals surface area contributed by atoms with Crippen molar-refractivity contribution in [3.05, 3.63) is 29.7 Å². The Bertz CT molecular complexity index is 693. The fourth-order valence-corrected chi connectivity index (χ4v) is 3.73. The number of aliphatic hydroxyl groups is 1. The number of rotatable bonds is 5. The zero-order chi connectivity index (χ0) is 19.6. The minimum Gasteiger partial charge on any atom is -0.368 e. The molecule has 0 saturated carbocycles. The highest BCUT2D eigenvalue weighted by molar-refractivity contribution is 6.20. The number of fused-ring (bicyclic) bond motifs is 1. The van der Waals surface area contributed by atoms with E-state index < -0.39 is 18.9 Å². The Balaban J connectivity index is 1.45. The molecule has 0 spiro atoms. The molecule has 3 N–H and O–H groups in total. The molecule has 0 bridgehead atoms. The Hall–Kier alpha value is -2.00. The van der Waals surface area contributed by atoms with Crippen LogP contribution in [0.5, 0.6) is 0 Å². The summed E-state index contributed by atoms with van der Waals surface area (Å²) in [5.74, 6) is 0.103. The molecule has 2 aliphatic rings. The average Bonchev–Trinajstić information content (AvgIpc) is 3.08. The number of likely N-dealkylation sites (tertiary alicyclic amines) is 1. The van der Waals surface area contributed by atoms with Gasteiger partial charge in [-0.15, -0.1) is 0 Å².